The minimum absolute atomic E-state index is 0.203. The quantitative estimate of drug-likeness (QED) is 0.450. The van der Waals surface area contributed by atoms with Crippen molar-refractivity contribution < 1.29 is 22.3 Å². The highest BCUT2D eigenvalue weighted by Gasteiger charge is 2.37. The van der Waals surface area contributed by atoms with Gasteiger partial charge in [-0.1, -0.05) is 12.1 Å². The average molecular weight is 429 g/mol. The summed E-state index contributed by atoms with van der Waals surface area (Å²) in [5.41, 5.74) is 0.635. The summed E-state index contributed by atoms with van der Waals surface area (Å²) in [5.74, 6) is -0.636. The van der Waals surface area contributed by atoms with Crippen LogP contribution in [0.25, 0.3) is 0 Å². The number of methoxy groups -OCH3 is 1. The molecule has 0 radical (unpaired) electrons. The van der Waals surface area contributed by atoms with Crippen LogP contribution in [0.2, 0.25) is 0 Å². The number of nitrogens with one attached hydrogen (secondary N) is 2. The number of hydrogen-bond donors (Lipinski definition) is 2. The Hall–Kier alpha value is -1.75. The van der Waals surface area contributed by atoms with E-state index in [0.717, 1.165) is 32.7 Å². The zero-order valence-corrected chi connectivity index (χ0v) is 17.5. The van der Waals surface area contributed by atoms with Crippen molar-refractivity contribution in [2.45, 2.75) is 24.1 Å². The number of rotatable bonds is 8. The van der Waals surface area contributed by atoms with Crippen molar-refractivity contribution in [3.05, 3.63) is 30.1 Å². The van der Waals surface area contributed by atoms with Crippen LogP contribution in [-0.2, 0) is 19.6 Å². The first-order valence-electron chi connectivity index (χ1n) is 9.92. The van der Waals surface area contributed by atoms with Gasteiger partial charge in [-0.2, -0.15) is 0 Å². The summed E-state index contributed by atoms with van der Waals surface area (Å²) in [5, 5.41) is 2.27. The first-order chi connectivity index (χ1) is 13.9. The number of anilines is 1. The van der Waals surface area contributed by atoms with Gasteiger partial charge in [-0.25, -0.2) is 17.5 Å². The van der Waals surface area contributed by atoms with E-state index in [1.165, 1.54) is 13.2 Å². The number of nitrogens with zero attached hydrogens (tertiary/aromatic N) is 2. The molecule has 2 fully saturated rings. The van der Waals surface area contributed by atoms with E-state index in [4.69, 9.17) is 0 Å². The molecule has 2 N–H and O–H groups in total. The first kappa shape index (κ1) is 21.9. The van der Waals surface area contributed by atoms with E-state index in [1.54, 1.807) is 12.1 Å². The molecule has 2 atom stereocenters. The summed E-state index contributed by atoms with van der Waals surface area (Å²) in [4.78, 5) is 15.8. The van der Waals surface area contributed by atoms with Gasteiger partial charge in [0, 0.05) is 39.3 Å². The van der Waals surface area contributed by atoms with Gasteiger partial charge in [0.15, 0.2) is 0 Å². The van der Waals surface area contributed by atoms with Gasteiger partial charge < -0.3 is 15.0 Å². The van der Waals surface area contributed by atoms with Gasteiger partial charge in [-0.3, -0.25) is 9.69 Å². The molecule has 0 spiro atoms. The van der Waals surface area contributed by atoms with Crippen LogP contribution in [0, 0.1) is 5.82 Å². The van der Waals surface area contributed by atoms with Crippen molar-refractivity contribution in [2.24, 2.45) is 0 Å². The Labute approximate surface area is 171 Å². The predicted molar refractivity (Wildman–Crippen MR) is 109 cm³/mol. The number of ether oxygens (including phenoxy) is 1. The second-order valence-corrected chi connectivity index (χ2v) is 9.46. The Bertz CT molecular complexity index is 799. The topological polar surface area (TPSA) is 91.0 Å². The van der Waals surface area contributed by atoms with Gasteiger partial charge in [-0.15, -0.1) is 0 Å². The summed E-state index contributed by atoms with van der Waals surface area (Å²) in [6.45, 7) is 4.50. The number of para-hydroxylation sites is 1. The standard InChI is InChI=1S/C19H29FN4O4S/c1-28-19(25)17-13-15(14-21-17)29(26,27)22-7-4-8-23-9-11-24(12-10-23)18-6-3-2-5-16(18)20/h2-3,5-6,15,17,21-22H,4,7-14H2,1H3. The summed E-state index contributed by atoms with van der Waals surface area (Å²) >= 11 is 0. The Kier molecular flexibility index (Phi) is 7.44. The Morgan fingerprint density at radius 2 is 2.00 bits per heavy atom. The van der Waals surface area contributed by atoms with Gasteiger partial charge in [-0.05, 0) is 31.5 Å². The Balaban J connectivity index is 1.36. The van der Waals surface area contributed by atoms with E-state index >= 15 is 0 Å². The molecule has 162 valence electrons. The van der Waals surface area contributed by atoms with Gasteiger partial charge in [0.1, 0.15) is 11.9 Å². The molecular formula is C19H29FN4O4S. The fourth-order valence-electron chi connectivity index (χ4n) is 3.82. The van der Waals surface area contributed by atoms with Crippen molar-refractivity contribution in [1.82, 2.24) is 14.9 Å². The van der Waals surface area contributed by atoms with Crippen molar-refractivity contribution in [2.75, 3.05) is 57.8 Å². The molecule has 29 heavy (non-hydrogen) atoms. The lowest BCUT2D eigenvalue weighted by Gasteiger charge is -2.36. The van der Waals surface area contributed by atoms with Crippen LogP contribution in [-0.4, -0.2) is 83.5 Å². The van der Waals surface area contributed by atoms with Crippen LogP contribution in [0.15, 0.2) is 24.3 Å². The lowest BCUT2D eigenvalue weighted by atomic mass is 10.2. The lowest BCUT2D eigenvalue weighted by Crippen LogP contribution is -2.47. The van der Waals surface area contributed by atoms with Crippen LogP contribution in [0.5, 0.6) is 0 Å². The largest absolute Gasteiger partial charge is 0.468 e. The van der Waals surface area contributed by atoms with Crippen LogP contribution < -0.4 is 14.9 Å². The highest BCUT2D eigenvalue weighted by atomic mass is 32.2. The van der Waals surface area contributed by atoms with E-state index < -0.39 is 27.3 Å². The molecule has 2 saturated heterocycles. The fourth-order valence-corrected chi connectivity index (χ4v) is 5.24. The van der Waals surface area contributed by atoms with Gasteiger partial charge in [0.05, 0.1) is 18.0 Å². The number of halogens is 1. The maximum absolute atomic E-state index is 13.9. The molecule has 0 bridgehead atoms. The Morgan fingerprint density at radius 3 is 2.69 bits per heavy atom. The van der Waals surface area contributed by atoms with Crippen LogP contribution in [0.4, 0.5) is 10.1 Å². The van der Waals surface area contributed by atoms with Gasteiger partial charge in [0.2, 0.25) is 10.0 Å². The third-order valence-electron chi connectivity index (χ3n) is 5.53. The number of hydrogen-bond acceptors (Lipinski definition) is 7. The molecular weight excluding hydrogens is 399 g/mol. The molecule has 2 unspecified atom stereocenters. The van der Waals surface area contributed by atoms with Crippen molar-refractivity contribution in [1.29, 1.82) is 0 Å². The predicted octanol–water partition coefficient (Wildman–Crippen LogP) is 0.161. The summed E-state index contributed by atoms with van der Waals surface area (Å²) in [6, 6.07) is 6.23. The number of carbonyl (C=O) groups is 1. The molecule has 3 rings (SSSR count). The third kappa shape index (κ3) is 5.65. The fraction of sp³-hybridized carbons (Fsp3) is 0.632. The highest BCUT2D eigenvalue weighted by molar-refractivity contribution is 7.90. The van der Waals surface area contributed by atoms with Crippen LogP contribution >= 0.6 is 0 Å². The van der Waals surface area contributed by atoms with E-state index in [2.05, 4.69) is 19.7 Å². The molecule has 1 aromatic rings. The minimum atomic E-state index is -3.48. The van der Waals surface area contributed by atoms with Crippen LogP contribution in [0.3, 0.4) is 0 Å². The molecule has 2 aliphatic heterocycles. The number of sulfonamides is 1. The lowest BCUT2D eigenvalue weighted by molar-refractivity contribution is -0.142. The molecule has 0 aromatic heterocycles. The normalized spacial score (nSPS) is 23.3. The second kappa shape index (κ2) is 9.84. The maximum Gasteiger partial charge on any atom is 0.322 e. The van der Waals surface area contributed by atoms with Crippen LogP contribution in [0.1, 0.15) is 12.8 Å². The number of benzene rings is 1. The van der Waals surface area contributed by atoms with Crippen molar-refractivity contribution >= 4 is 21.7 Å². The molecule has 0 amide bonds. The zero-order chi connectivity index (χ0) is 20.9. The molecule has 2 heterocycles. The number of carbonyl (C=O) groups excluding carboxylic acids is 1. The minimum Gasteiger partial charge on any atom is -0.468 e. The molecule has 1 aromatic carbocycles. The van der Waals surface area contributed by atoms with E-state index in [9.17, 15) is 17.6 Å². The van der Waals surface area contributed by atoms with Crippen molar-refractivity contribution in [3.8, 4) is 0 Å². The number of esters is 1. The maximum atomic E-state index is 13.9. The zero-order valence-electron chi connectivity index (χ0n) is 16.6. The summed E-state index contributed by atoms with van der Waals surface area (Å²) in [6.07, 6.45) is 0.916. The number of piperazine rings is 1. The van der Waals surface area contributed by atoms with E-state index in [0.29, 0.717) is 18.7 Å². The van der Waals surface area contributed by atoms with E-state index in [1.807, 2.05) is 11.0 Å². The van der Waals surface area contributed by atoms with E-state index in [-0.39, 0.29) is 18.8 Å². The smallest absolute Gasteiger partial charge is 0.322 e. The third-order valence-corrected chi connectivity index (χ3v) is 7.38. The monoisotopic (exact) mass is 428 g/mol. The first-order valence-corrected chi connectivity index (χ1v) is 11.5. The second-order valence-electron chi connectivity index (χ2n) is 7.41. The highest BCUT2D eigenvalue weighted by Crippen LogP contribution is 2.20. The average Bonchev–Trinajstić information content (AvgIpc) is 3.23. The summed E-state index contributed by atoms with van der Waals surface area (Å²) in [7, 11) is -2.18. The molecule has 0 saturated carbocycles. The SMILES string of the molecule is COC(=O)C1CC(S(=O)(=O)NCCCN2CCN(c3ccccc3F)CC2)CN1. The Morgan fingerprint density at radius 1 is 1.28 bits per heavy atom. The molecule has 2 aliphatic rings. The molecule has 10 heteroatoms. The summed E-state index contributed by atoms with van der Waals surface area (Å²) < 4.78 is 46.0. The van der Waals surface area contributed by atoms with Gasteiger partial charge in [0.25, 0.3) is 0 Å². The van der Waals surface area contributed by atoms with Gasteiger partial charge >= 0.3 is 5.97 Å². The van der Waals surface area contributed by atoms with Crippen molar-refractivity contribution in [3.63, 3.8) is 0 Å². The molecule has 0 aliphatic carbocycles. The molecule has 8 nitrogen and oxygen atoms in total.